The van der Waals surface area contributed by atoms with Gasteiger partial charge in [-0.25, -0.2) is 4.99 Å². The molecule has 0 aliphatic carbocycles. The molecule has 0 spiro atoms. The molecule has 0 aromatic heterocycles. The van der Waals surface area contributed by atoms with Crippen molar-refractivity contribution in [2.24, 2.45) is 10.7 Å². The van der Waals surface area contributed by atoms with Crippen LogP contribution in [-0.2, 0) is 14.7 Å². The van der Waals surface area contributed by atoms with Gasteiger partial charge in [0.1, 0.15) is 17.8 Å². The predicted octanol–water partition coefficient (Wildman–Crippen LogP) is -0.0772. The second-order valence-corrected chi connectivity index (χ2v) is 4.68. The first kappa shape index (κ1) is 14.9. The average molecular weight is 278 g/mol. The molecule has 1 atom stereocenters. The summed E-state index contributed by atoms with van der Waals surface area (Å²) in [4.78, 5) is 6.16. The maximum atomic E-state index is 10.7. The Morgan fingerprint density at radius 3 is 2.50 bits per heavy atom. The van der Waals surface area contributed by atoms with Gasteiger partial charge in [-0.05, 0) is 26.8 Å². The van der Waals surface area contributed by atoms with Gasteiger partial charge < -0.3 is 10.6 Å². The fraction of sp³-hybridized carbons (Fsp3) is 0.667. The van der Waals surface area contributed by atoms with Crippen LogP contribution in [0.25, 0.3) is 0 Å². The summed E-state index contributed by atoms with van der Waals surface area (Å²) in [6, 6.07) is 0. The van der Waals surface area contributed by atoms with Gasteiger partial charge in [0, 0.05) is 13.1 Å². The Kier molecular flexibility index (Phi) is 4.68. The van der Waals surface area contributed by atoms with Crippen molar-refractivity contribution in [2.45, 2.75) is 26.9 Å². The van der Waals surface area contributed by atoms with E-state index < -0.39 is 16.6 Å². The van der Waals surface area contributed by atoms with Gasteiger partial charge in [0.25, 0.3) is 0 Å². The highest BCUT2D eigenvalue weighted by Crippen LogP contribution is 2.16. The van der Waals surface area contributed by atoms with Crippen LogP contribution in [0.3, 0.4) is 0 Å². The van der Waals surface area contributed by atoms with Crippen molar-refractivity contribution in [2.75, 3.05) is 13.1 Å². The van der Waals surface area contributed by atoms with E-state index in [-0.39, 0.29) is 5.84 Å². The van der Waals surface area contributed by atoms with Crippen LogP contribution in [0.4, 0.5) is 0 Å². The maximum Gasteiger partial charge on any atom is 0.418 e. The van der Waals surface area contributed by atoms with Gasteiger partial charge in [-0.15, -0.1) is 4.28 Å². The van der Waals surface area contributed by atoms with Crippen LogP contribution in [0, 0.1) is 0 Å². The van der Waals surface area contributed by atoms with Crippen molar-refractivity contribution in [3.05, 3.63) is 11.9 Å². The molecule has 1 aliphatic heterocycles. The van der Waals surface area contributed by atoms with Gasteiger partial charge in [-0.1, -0.05) is 0 Å². The van der Waals surface area contributed by atoms with E-state index in [1.807, 2.05) is 18.7 Å². The summed E-state index contributed by atoms with van der Waals surface area (Å²) in [5, 5.41) is 0.836. The lowest BCUT2D eigenvalue weighted by Gasteiger charge is -2.32. The Morgan fingerprint density at radius 1 is 1.56 bits per heavy atom. The fourth-order valence-electron chi connectivity index (χ4n) is 1.62. The number of rotatable bonds is 5. The molecule has 8 nitrogen and oxygen atoms in total. The first-order chi connectivity index (χ1) is 8.28. The molecule has 1 unspecified atom stereocenters. The molecule has 1 heterocycles. The molecule has 1 aliphatic rings. The number of amidine groups is 1. The maximum absolute atomic E-state index is 10.7. The third-order valence-electron chi connectivity index (χ3n) is 2.45. The molecule has 0 radical (unpaired) electrons. The van der Waals surface area contributed by atoms with Crippen molar-refractivity contribution < 1.29 is 17.3 Å². The van der Waals surface area contributed by atoms with E-state index in [2.05, 4.69) is 9.28 Å². The van der Waals surface area contributed by atoms with Crippen LogP contribution in [0.15, 0.2) is 16.9 Å². The lowest BCUT2D eigenvalue weighted by Crippen LogP contribution is -2.47. The largest absolute Gasteiger partial charge is 0.418 e. The van der Waals surface area contributed by atoms with E-state index in [9.17, 15) is 8.42 Å². The molecule has 1 rings (SSSR count). The van der Waals surface area contributed by atoms with Crippen LogP contribution in [0.5, 0.6) is 0 Å². The zero-order valence-corrected chi connectivity index (χ0v) is 11.4. The van der Waals surface area contributed by atoms with Gasteiger partial charge in [0.15, 0.2) is 0 Å². The highest BCUT2D eigenvalue weighted by Gasteiger charge is 2.26. The van der Waals surface area contributed by atoms with Crippen molar-refractivity contribution in [1.29, 1.82) is 0 Å². The van der Waals surface area contributed by atoms with Crippen molar-refractivity contribution in [1.82, 2.24) is 9.96 Å². The van der Waals surface area contributed by atoms with Crippen LogP contribution >= 0.6 is 0 Å². The molecule has 9 heteroatoms. The zero-order valence-electron chi connectivity index (χ0n) is 10.6. The van der Waals surface area contributed by atoms with E-state index in [4.69, 9.17) is 10.3 Å². The van der Waals surface area contributed by atoms with Crippen LogP contribution in [-0.4, -0.2) is 48.0 Å². The second kappa shape index (κ2) is 5.65. The normalized spacial score (nSPS) is 20.5. The Balaban J connectivity index is 2.93. The van der Waals surface area contributed by atoms with Gasteiger partial charge in [-0.3, -0.25) is 4.55 Å². The Labute approximate surface area is 107 Å². The Bertz CT molecular complexity index is 455. The molecular weight excluding hydrogens is 260 g/mol. The highest BCUT2D eigenvalue weighted by molar-refractivity contribution is 7.80. The summed E-state index contributed by atoms with van der Waals surface area (Å²) in [6.45, 7) is 7.00. The minimum atomic E-state index is -4.62. The number of aliphatic imine (C=N–C) groups is 1. The topological polar surface area (TPSA) is 108 Å². The third-order valence-corrected chi connectivity index (χ3v) is 2.80. The molecule has 104 valence electrons. The van der Waals surface area contributed by atoms with Crippen molar-refractivity contribution >= 4 is 16.2 Å². The molecule has 0 bridgehead atoms. The molecule has 0 aromatic rings. The van der Waals surface area contributed by atoms with Crippen LogP contribution in [0.1, 0.15) is 20.8 Å². The highest BCUT2D eigenvalue weighted by atomic mass is 32.3. The smallest absolute Gasteiger partial charge is 0.357 e. The lowest BCUT2D eigenvalue weighted by atomic mass is 10.3. The number of nitrogens with zero attached hydrogens (tertiary/aromatic N) is 3. The molecule has 0 fully saturated rings. The van der Waals surface area contributed by atoms with Gasteiger partial charge >= 0.3 is 10.4 Å². The number of nitrogens with two attached hydrogens (primary N) is 1. The van der Waals surface area contributed by atoms with E-state index in [0.29, 0.717) is 5.82 Å². The van der Waals surface area contributed by atoms with Gasteiger partial charge in [-0.2, -0.15) is 13.5 Å². The summed E-state index contributed by atoms with van der Waals surface area (Å²) in [7, 11) is -4.62. The monoisotopic (exact) mass is 278 g/mol. The minimum Gasteiger partial charge on any atom is -0.357 e. The van der Waals surface area contributed by atoms with Crippen LogP contribution in [0.2, 0.25) is 0 Å². The minimum absolute atomic E-state index is 0.254. The van der Waals surface area contributed by atoms with Crippen molar-refractivity contribution in [3.63, 3.8) is 0 Å². The van der Waals surface area contributed by atoms with Crippen molar-refractivity contribution in [3.8, 4) is 0 Å². The quantitative estimate of drug-likeness (QED) is 0.677. The van der Waals surface area contributed by atoms with E-state index in [0.717, 1.165) is 18.2 Å². The fourth-order valence-corrected chi connectivity index (χ4v) is 2.03. The molecule has 0 aromatic carbocycles. The molecule has 0 saturated heterocycles. The molecule has 0 amide bonds. The summed E-state index contributed by atoms with van der Waals surface area (Å²) in [5.74, 6) is 0.907. The number of hydroxylamine groups is 2. The second-order valence-electron chi connectivity index (χ2n) is 3.67. The SMILES string of the molecule is CCN(CC)C1=CC(N)N(OS(=O)(=O)O)C(C)=N1. The van der Waals surface area contributed by atoms with Gasteiger partial charge in [0.05, 0.1) is 0 Å². The van der Waals surface area contributed by atoms with E-state index in [1.54, 1.807) is 13.0 Å². The zero-order chi connectivity index (χ0) is 13.9. The number of hydrogen-bond acceptors (Lipinski definition) is 7. The number of hydrogen-bond donors (Lipinski definition) is 2. The Hall–Kier alpha value is -1.16. The Morgan fingerprint density at radius 2 is 2.11 bits per heavy atom. The third kappa shape index (κ3) is 3.67. The molecule has 3 N–H and O–H groups in total. The average Bonchev–Trinajstić information content (AvgIpc) is 2.24. The summed E-state index contributed by atoms with van der Waals surface area (Å²) < 4.78 is 34.3. The first-order valence-electron chi connectivity index (χ1n) is 5.52. The van der Waals surface area contributed by atoms with E-state index >= 15 is 0 Å². The summed E-state index contributed by atoms with van der Waals surface area (Å²) in [5.41, 5.74) is 5.76. The predicted molar refractivity (Wildman–Crippen MR) is 66.6 cm³/mol. The van der Waals surface area contributed by atoms with Crippen LogP contribution < -0.4 is 5.73 Å². The molecule has 0 saturated carbocycles. The molecule has 18 heavy (non-hydrogen) atoms. The standard InChI is InChI=1S/C9H18N4O4S/c1-4-12(5-2)9-6-8(10)13(7(3)11-9)17-18(14,15)16/h6,8H,4-5,10H2,1-3H3,(H,14,15,16). The molecular formula is C9H18N4O4S. The lowest BCUT2D eigenvalue weighted by molar-refractivity contribution is -0.0124. The van der Waals surface area contributed by atoms with Gasteiger partial charge in [0.2, 0.25) is 0 Å². The van der Waals surface area contributed by atoms with E-state index in [1.165, 1.54) is 0 Å². The summed E-state index contributed by atoms with van der Waals surface area (Å²) in [6.07, 6.45) is 0.727. The summed E-state index contributed by atoms with van der Waals surface area (Å²) >= 11 is 0. The first-order valence-corrected chi connectivity index (χ1v) is 6.88.